The van der Waals surface area contributed by atoms with E-state index in [4.69, 9.17) is 0 Å². The topological polar surface area (TPSA) is 28.2 Å². The van der Waals surface area contributed by atoms with Gasteiger partial charge in [-0.2, -0.15) is 13.2 Å². The molecule has 102 valence electrons. The first-order chi connectivity index (χ1) is 8.28. The average molecular weight is 269 g/mol. The fourth-order valence-corrected chi connectivity index (χ4v) is 1.41. The van der Waals surface area contributed by atoms with E-state index in [1.807, 2.05) is 0 Å². The SMILES string of the molecule is CCN(CC(F)(F)F)c1nc(NC)c(F)cc1F. The van der Waals surface area contributed by atoms with Crippen molar-refractivity contribution in [2.24, 2.45) is 0 Å². The third kappa shape index (κ3) is 3.44. The van der Waals surface area contributed by atoms with E-state index in [2.05, 4.69) is 10.3 Å². The molecule has 1 rings (SSSR count). The molecule has 0 unspecified atom stereocenters. The zero-order valence-corrected chi connectivity index (χ0v) is 9.78. The Morgan fingerprint density at radius 3 is 2.33 bits per heavy atom. The van der Waals surface area contributed by atoms with Crippen molar-refractivity contribution >= 4 is 11.6 Å². The molecule has 0 amide bonds. The Morgan fingerprint density at radius 2 is 1.89 bits per heavy atom. The van der Waals surface area contributed by atoms with E-state index in [-0.39, 0.29) is 12.4 Å². The Kier molecular flexibility index (Phi) is 4.31. The van der Waals surface area contributed by atoms with Crippen molar-refractivity contribution in [2.75, 3.05) is 30.4 Å². The number of pyridine rings is 1. The summed E-state index contributed by atoms with van der Waals surface area (Å²) in [5.74, 6) is -2.91. The predicted molar refractivity (Wildman–Crippen MR) is 57.6 cm³/mol. The highest BCUT2D eigenvalue weighted by Crippen LogP contribution is 2.25. The first-order valence-corrected chi connectivity index (χ1v) is 5.14. The second kappa shape index (κ2) is 5.36. The Hall–Kier alpha value is -1.60. The molecular weight excluding hydrogens is 257 g/mol. The molecule has 0 spiro atoms. The van der Waals surface area contributed by atoms with Gasteiger partial charge in [0.25, 0.3) is 0 Å². The van der Waals surface area contributed by atoms with Crippen LogP contribution in [0.25, 0.3) is 0 Å². The molecule has 1 heterocycles. The minimum absolute atomic E-state index is 0.0990. The molecule has 0 aliphatic rings. The number of hydrogen-bond donors (Lipinski definition) is 1. The Labute approximate surface area is 101 Å². The third-order valence-corrected chi connectivity index (χ3v) is 2.20. The highest BCUT2D eigenvalue weighted by atomic mass is 19.4. The number of nitrogens with one attached hydrogen (secondary N) is 1. The van der Waals surface area contributed by atoms with Gasteiger partial charge in [-0.05, 0) is 6.92 Å². The zero-order chi connectivity index (χ0) is 13.9. The van der Waals surface area contributed by atoms with Crippen molar-refractivity contribution in [1.29, 1.82) is 0 Å². The normalized spacial score (nSPS) is 11.5. The highest BCUT2D eigenvalue weighted by molar-refractivity contribution is 5.49. The van der Waals surface area contributed by atoms with Gasteiger partial charge in [0.05, 0.1) is 0 Å². The molecule has 1 aromatic heterocycles. The summed E-state index contributed by atoms with van der Waals surface area (Å²) in [6.45, 7) is -0.0182. The van der Waals surface area contributed by atoms with E-state index in [0.29, 0.717) is 11.0 Å². The zero-order valence-electron chi connectivity index (χ0n) is 9.78. The molecule has 0 aliphatic heterocycles. The maximum atomic E-state index is 13.4. The Balaban J connectivity index is 3.13. The standard InChI is InChI=1S/C10H12F5N3/c1-3-18(5-10(13,14)15)9-7(12)4-6(11)8(16-2)17-9/h4H,3,5H2,1-2H3,(H,16,17). The summed E-state index contributed by atoms with van der Waals surface area (Å²) in [4.78, 5) is 4.20. The van der Waals surface area contributed by atoms with Crippen molar-refractivity contribution in [3.05, 3.63) is 17.7 Å². The molecule has 3 nitrogen and oxygen atoms in total. The number of aromatic nitrogens is 1. The van der Waals surface area contributed by atoms with E-state index in [1.54, 1.807) is 0 Å². The van der Waals surface area contributed by atoms with Crippen molar-refractivity contribution in [1.82, 2.24) is 4.98 Å². The summed E-state index contributed by atoms with van der Waals surface area (Å²) < 4.78 is 63.4. The Bertz CT molecular complexity index is 419. The highest BCUT2D eigenvalue weighted by Gasteiger charge is 2.32. The maximum absolute atomic E-state index is 13.4. The van der Waals surface area contributed by atoms with Gasteiger partial charge in [0.2, 0.25) is 0 Å². The second-order valence-electron chi connectivity index (χ2n) is 3.50. The Morgan fingerprint density at radius 1 is 1.28 bits per heavy atom. The summed E-state index contributed by atoms with van der Waals surface area (Å²) in [5.41, 5.74) is 0. The summed E-state index contributed by atoms with van der Waals surface area (Å²) in [6, 6.07) is 0.507. The average Bonchev–Trinajstić information content (AvgIpc) is 2.25. The molecule has 0 aliphatic carbocycles. The van der Waals surface area contributed by atoms with Crippen molar-refractivity contribution in [3.63, 3.8) is 0 Å². The number of hydrogen-bond acceptors (Lipinski definition) is 3. The molecule has 0 radical (unpaired) electrons. The number of anilines is 2. The second-order valence-corrected chi connectivity index (χ2v) is 3.50. The van der Waals surface area contributed by atoms with Gasteiger partial charge in [-0.1, -0.05) is 0 Å². The lowest BCUT2D eigenvalue weighted by atomic mass is 10.3. The van der Waals surface area contributed by atoms with Crippen LogP contribution in [-0.2, 0) is 0 Å². The number of rotatable bonds is 4. The maximum Gasteiger partial charge on any atom is 0.405 e. The van der Waals surface area contributed by atoms with E-state index < -0.39 is 30.2 Å². The van der Waals surface area contributed by atoms with Crippen LogP contribution in [0.15, 0.2) is 6.07 Å². The molecule has 0 bridgehead atoms. The van der Waals surface area contributed by atoms with Crippen molar-refractivity contribution < 1.29 is 22.0 Å². The first kappa shape index (κ1) is 14.5. The third-order valence-electron chi connectivity index (χ3n) is 2.20. The summed E-state index contributed by atoms with van der Waals surface area (Å²) in [5, 5.41) is 2.34. The fraction of sp³-hybridized carbons (Fsp3) is 0.500. The fourth-order valence-electron chi connectivity index (χ4n) is 1.41. The summed E-state index contributed by atoms with van der Waals surface area (Å²) in [6.07, 6.45) is -4.49. The van der Waals surface area contributed by atoms with Gasteiger partial charge < -0.3 is 10.2 Å². The van der Waals surface area contributed by atoms with Crippen LogP contribution >= 0.6 is 0 Å². The monoisotopic (exact) mass is 269 g/mol. The van der Waals surface area contributed by atoms with Gasteiger partial charge in [-0.25, -0.2) is 13.8 Å². The van der Waals surface area contributed by atoms with E-state index in [9.17, 15) is 22.0 Å². The van der Waals surface area contributed by atoms with Gasteiger partial charge >= 0.3 is 6.18 Å². The molecule has 1 aromatic rings. The molecule has 0 atom stereocenters. The molecule has 0 fully saturated rings. The largest absolute Gasteiger partial charge is 0.405 e. The first-order valence-electron chi connectivity index (χ1n) is 5.14. The number of alkyl halides is 3. The number of nitrogens with zero attached hydrogens (tertiary/aromatic N) is 2. The van der Waals surface area contributed by atoms with Crippen LogP contribution in [-0.4, -0.2) is 31.3 Å². The quantitative estimate of drug-likeness (QED) is 0.852. The molecule has 0 saturated carbocycles. The smallest absolute Gasteiger partial charge is 0.371 e. The van der Waals surface area contributed by atoms with Gasteiger partial charge in [0, 0.05) is 19.7 Å². The van der Waals surface area contributed by atoms with Crippen LogP contribution in [0.3, 0.4) is 0 Å². The van der Waals surface area contributed by atoms with Crippen LogP contribution in [0.4, 0.5) is 33.6 Å². The lowest BCUT2D eigenvalue weighted by molar-refractivity contribution is -0.119. The van der Waals surface area contributed by atoms with E-state index >= 15 is 0 Å². The molecule has 8 heteroatoms. The lowest BCUT2D eigenvalue weighted by Crippen LogP contribution is -2.35. The molecular formula is C10H12F5N3. The van der Waals surface area contributed by atoms with Crippen LogP contribution in [0, 0.1) is 11.6 Å². The minimum Gasteiger partial charge on any atom is -0.371 e. The minimum atomic E-state index is -4.49. The van der Waals surface area contributed by atoms with E-state index in [1.165, 1.54) is 14.0 Å². The predicted octanol–water partition coefficient (Wildman–Crippen LogP) is 2.79. The lowest BCUT2D eigenvalue weighted by Gasteiger charge is -2.24. The molecule has 0 saturated heterocycles. The number of halogens is 5. The van der Waals surface area contributed by atoms with E-state index in [0.717, 1.165) is 0 Å². The van der Waals surface area contributed by atoms with Crippen molar-refractivity contribution in [3.8, 4) is 0 Å². The molecule has 1 N–H and O–H groups in total. The van der Waals surface area contributed by atoms with Crippen LogP contribution < -0.4 is 10.2 Å². The van der Waals surface area contributed by atoms with Crippen LogP contribution in [0.2, 0.25) is 0 Å². The molecule has 0 aromatic carbocycles. The van der Waals surface area contributed by atoms with Gasteiger partial charge in [-0.15, -0.1) is 0 Å². The van der Waals surface area contributed by atoms with Gasteiger partial charge in [-0.3, -0.25) is 0 Å². The molecule has 18 heavy (non-hydrogen) atoms. The van der Waals surface area contributed by atoms with Crippen LogP contribution in [0.1, 0.15) is 6.92 Å². The summed E-state index contributed by atoms with van der Waals surface area (Å²) in [7, 11) is 1.34. The van der Waals surface area contributed by atoms with Crippen LogP contribution in [0.5, 0.6) is 0 Å². The van der Waals surface area contributed by atoms with Crippen molar-refractivity contribution in [2.45, 2.75) is 13.1 Å². The summed E-state index contributed by atoms with van der Waals surface area (Å²) >= 11 is 0. The van der Waals surface area contributed by atoms with Gasteiger partial charge in [0.1, 0.15) is 6.54 Å². The van der Waals surface area contributed by atoms with Gasteiger partial charge in [0.15, 0.2) is 23.3 Å².